The molecule has 9 aromatic carbocycles. The lowest BCUT2D eigenvalue weighted by Gasteiger charge is -2.14. The Hall–Kier alpha value is -12.2. The molecule has 5 aromatic heterocycles. The number of nitrogens with zero attached hydrogens (tertiary/aromatic N) is 5. The van der Waals surface area contributed by atoms with Crippen molar-refractivity contribution in [2.45, 2.75) is 272 Å². The summed E-state index contributed by atoms with van der Waals surface area (Å²) < 4.78 is 0. The van der Waals surface area contributed by atoms with Crippen LogP contribution in [0.25, 0.3) is 98.9 Å². The normalized spacial score (nSPS) is 11.7. The molecule has 14 aromatic rings. The number of para-hydroxylation sites is 4. The van der Waals surface area contributed by atoms with Crippen molar-refractivity contribution in [1.29, 1.82) is 0 Å². The van der Waals surface area contributed by atoms with E-state index in [9.17, 15) is 39.3 Å². The molecule has 139 heavy (non-hydrogen) atoms. The number of aliphatic hydroxyl groups is 5. The molecular formula is C122H149N7O10. The largest absolute Gasteiger partial charge is 0.396 e. The summed E-state index contributed by atoms with van der Waals surface area (Å²) in [6, 6.07) is 77.8. The number of aryl methyl sites for hydroxylation is 3. The molecule has 0 aliphatic carbocycles. The third kappa shape index (κ3) is 36.2. The van der Waals surface area contributed by atoms with Gasteiger partial charge in [0.25, 0.3) is 0 Å². The summed E-state index contributed by atoms with van der Waals surface area (Å²) in [4.78, 5) is 85.2. The Morgan fingerprint density at radius 1 is 0.295 bits per heavy atom. The molecule has 0 radical (unpaired) electrons. The van der Waals surface area contributed by atoms with Crippen LogP contribution in [0.4, 0.5) is 0 Å². The van der Waals surface area contributed by atoms with Gasteiger partial charge < -0.3 is 36.2 Å². The van der Waals surface area contributed by atoms with Crippen molar-refractivity contribution in [2.24, 2.45) is 5.92 Å². The number of Topliss-reactive ketones (excluding diaryl/α,β-unsaturated/α-hetero) is 3. The number of aromatic nitrogens is 5. The van der Waals surface area contributed by atoms with E-state index in [0.29, 0.717) is 88.8 Å². The number of hydrogen-bond acceptors (Lipinski definition) is 15. The number of aliphatic hydroxyl groups excluding tert-OH is 5. The first kappa shape index (κ1) is 109. The maximum Gasteiger partial charge on any atom is 0.226 e. The third-order valence-electron chi connectivity index (χ3n) is 25.5. The van der Waals surface area contributed by atoms with Gasteiger partial charge in [0.05, 0.1) is 66.0 Å². The molecule has 0 aliphatic heterocycles. The van der Waals surface area contributed by atoms with Crippen LogP contribution in [0.5, 0.6) is 0 Å². The van der Waals surface area contributed by atoms with E-state index in [-0.39, 0.29) is 43.2 Å². The number of carbonyl (C=O) groups excluding carboxylic acids is 5. The molecule has 0 saturated carbocycles. The number of hydrogen-bond donors (Lipinski definition) is 7. The van der Waals surface area contributed by atoms with Crippen LogP contribution in [0, 0.1) is 5.92 Å². The molecule has 0 spiro atoms. The maximum absolute atomic E-state index is 12.8. The van der Waals surface area contributed by atoms with Crippen LogP contribution in [-0.2, 0) is 75.3 Å². The van der Waals surface area contributed by atoms with Crippen LogP contribution in [-0.4, -0.2) is 125 Å². The summed E-state index contributed by atoms with van der Waals surface area (Å²) >= 11 is 0. The highest BCUT2D eigenvalue weighted by molar-refractivity contribution is 6.02. The van der Waals surface area contributed by atoms with E-state index in [4.69, 9.17) is 10.2 Å². The zero-order valence-electron chi connectivity index (χ0n) is 83.1. The van der Waals surface area contributed by atoms with Crippen LogP contribution < -0.4 is 10.6 Å². The molecule has 5 heterocycles. The van der Waals surface area contributed by atoms with Crippen LogP contribution in [0.1, 0.15) is 253 Å². The molecule has 0 fully saturated rings. The van der Waals surface area contributed by atoms with Gasteiger partial charge >= 0.3 is 0 Å². The first-order chi connectivity index (χ1) is 67.9. The number of nitrogens with one attached hydrogen (secondary N) is 2. The minimum Gasteiger partial charge on any atom is -0.396 e. The number of rotatable bonds is 51. The Labute approximate surface area is 825 Å². The molecular weight excluding hydrogens is 1720 g/mol. The van der Waals surface area contributed by atoms with Gasteiger partial charge in [-0.15, -0.1) is 0 Å². The van der Waals surface area contributed by atoms with Gasteiger partial charge in [0.15, 0.2) is 0 Å². The number of benzene rings is 9. The van der Waals surface area contributed by atoms with E-state index < -0.39 is 12.2 Å². The van der Waals surface area contributed by atoms with Crippen molar-refractivity contribution in [2.75, 3.05) is 32.9 Å². The van der Waals surface area contributed by atoms with Gasteiger partial charge in [-0.1, -0.05) is 338 Å². The predicted octanol–water partition coefficient (Wildman–Crippen LogP) is 25.7. The van der Waals surface area contributed by atoms with Gasteiger partial charge in [-0.25, -0.2) is 0 Å². The highest BCUT2D eigenvalue weighted by Gasteiger charge is 2.22. The minimum atomic E-state index is -0.702. The highest BCUT2D eigenvalue weighted by atomic mass is 16.3. The molecule has 3 unspecified atom stereocenters. The van der Waals surface area contributed by atoms with E-state index in [1.165, 1.54) is 76.2 Å². The molecule has 3 atom stereocenters. The average molecular weight is 1870 g/mol. The third-order valence-corrected chi connectivity index (χ3v) is 25.5. The molecule has 17 heteroatoms. The SMILES string of the molecule is CCCCCC(=O)Cc1cnc2ccccc2c1-c1cccc(CCC(O)CO)c1.CCCCCCC(=O)Cc1cnc2ccccc2c1-c1cccc(CCC(O)CO)c1.CCCCCCCC(=O)Cc1cnc2ccccc2c1-c1cccc(CCC(C)CO)c1.CCCCCCNC(=O)Cc1cnc2ccccc2c1.CCCCCCNC(=O)Cc1ncc2ccccc2c1-c1ccccc1. The average Bonchev–Trinajstić information content (AvgIpc) is 0.799. The Morgan fingerprint density at radius 2 is 0.647 bits per heavy atom. The molecule has 17 nitrogen and oxygen atoms in total. The van der Waals surface area contributed by atoms with Crippen LogP contribution in [0.15, 0.2) is 262 Å². The number of unbranched alkanes of at least 4 members (excludes halogenated alkanes) is 15. The fourth-order valence-electron chi connectivity index (χ4n) is 17.6. The molecule has 732 valence electrons. The first-order valence-corrected chi connectivity index (χ1v) is 51.4. The van der Waals surface area contributed by atoms with Crippen LogP contribution in [0.3, 0.4) is 0 Å². The van der Waals surface area contributed by atoms with Gasteiger partial charge in [-0.05, 0) is 190 Å². The lowest BCUT2D eigenvalue weighted by atomic mass is 9.91. The number of pyridine rings is 5. The van der Waals surface area contributed by atoms with Crippen molar-refractivity contribution in [3.8, 4) is 44.5 Å². The summed E-state index contributed by atoms with van der Waals surface area (Å²) in [6.45, 7) is 14.3. The highest BCUT2D eigenvalue weighted by Crippen LogP contribution is 2.38. The van der Waals surface area contributed by atoms with Crippen LogP contribution >= 0.6 is 0 Å². The van der Waals surface area contributed by atoms with Gasteiger partial charge in [-0.2, -0.15) is 0 Å². The topological polar surface area (TPSA) is 275 Å². The lowest BCUT2D eigenvalue weighted by Crippen LogP contribution is -2.26. The fraction of sp³-hybridized carbons (Fsp3) is 0.393. The summed E-state index contributed by atoms with van der Waals surface area (Å²) in [5, 5.41) is 59.4. The number of ketones is 3. The predicted molar refractivity (Wildman–Crippen MR) is 572 cm³/mol. The van der Waals surface area contributed by atoms with E-state index in [0.717, 1.165) is 222 Å². The van der Waals surface area contributed by atoms with Gasteiger partial charge in [-0.3, -0.25) is 48.9 Å². The second-order valence-electron chi connectivity index (χ2n) is 37.0. The minimum absolute atomic E-state index is 0.0430. The monoisotopic (exact) mass is 1870 g/mol. The lowest BCUT2D eigenvalue weighted by molar-refractivity contribution is -0.121. The summed E-state index contributed by atoms with van der Waals surface area (Å²) in [5.74, 6) is 1.24. The standard InChI is InChI=1S/C29H37NO2.C27H33NO3.C26H31NO3.C23H26N2O.C17H22N2O/c1-3-4-5-6-7-13-26(32)19-25-20-30-28-15-9-8-14-27(28)29(25)24-12-10-11-23(18-24)17-16-22(2)21-31;1-2-3-4-5-11-23(30)17-22-18-28-26-13-7-6-12-25(26)27(22)21-10-8-9-20(16-21)14-15-24(31)19-29;1-2-3-4-10-22(29)16-21-17-27-25-12-6-5-11-24(25)26(21)20-9-7-8-19(15-20)13-14-23(30)18-28;1-2-3-4-10-15-24-22(26)16-21-23(18-11-6-5-7-12-18)20-14-9-8-13-19(20)17-25-21;1-2-3-4-7-10-18-17(20)12-14-11-15-8-5-6-9-16(15)19-13-14/h8-12,14-15,18,20,22,31H,3-7,13,16-17,19,21H2,1-2H3;6-10,12-13,16,18,24,29,31H,2-5,11,14-15,17,19H2,1H3;5-9,11-12,15,17,23,28,30H,2-4,10,13-14,16,18H2,1H3;5-9,11-14,17H,2-4,10,15-16H2,1H3,(H,24,26);5-6,8-9,11,13H,2-4,7,10,12H2,1H3,(H,18,20). The van der Waals surface area contributed by atoms with E-state index in [1.54, 1.807) is 6.20 Å². The Kier molecular flexibility index (Phi) is 48.0. The second kappa shape index (κ2) is 61.3. The fourth-order valence-corrected chi connectivity index (χ4v) is 17.6. The molecule has 0 bridgehead atoms. The van der Waals surface area contributed by atoms with E-state index >= 15 is 0 Å². The Morgan fingerprint density at radius 3 is 1.09 bits per heavy atom. The molecule has 14 rings (SSSR count). The number of fused-ring (bicyclic) bond motifs is 5. The zero-order valence-corrected chi connectivity index (χ0v) is 83.1. The molecule has 0 saturated heterocycles. The van der Waals surface area contributed by atoms with Crippen molar-refractivity contribution in [3.05, 3.63) is 306 Å². The Balaban J connectivity index is 0.000000180. The van der Waals surface area contributed by atoms with Crippen molar-refractivity contribution in [3.63, 3.8) is 0 Å². The molecule has 2 amide bonds. The van der Waals surface area contributed by atoms with Gasteiger partial charge in [0, 0.05) is 122 Å². The summed E-state index contributed by atoms with van der Waals surface area (Å²) in [6.07, 6.45) is 38.6. The smallest absolute Gasteiger partial charge is 0.226 e. The van der Waals surface area contributed by atoms with Crippen molar-refractivity contribution >= 4 is 83.5 Å². The van der Waals surface area contributed by atoms with Crippen LogP contribution in [0.2, 0.25) is 0 Å². The first-order valence-electron chi connectivity index (χ1n) is 51.4. The van der Waals surface area contributed by atoms with E-state index in [1.807, 2.05) is 164 Å². The van der Waals surface area contributed by atoms with Crippen molar-refractivity contribution < 1.29 is 49.5 Å². The Bertz CT molecular complexity index is 6120. The summed E-state index contributed by atoms with van der Waals surface area (Å²) in [7, 11) is 0. The summed E-state index contributed by atoms with van der Waals surface area (Å²) in [5.41, 5.74) is 20.6. The van der Waals surface area contributed by atoms with Crippen molar-refractivity contribution in [1.82, 2.24) is 35.6 Å². The number of amides is 2. The molecule has 0 aliphatic rings. The second-order valence-corrected chi connectivity index (χ2v) is 37.0. The van der Waals surface area contributed by atoms with E-state index in [2.05, 4.69) is 168 Å². The zero-order chi connectivity index (χ0) is 98.6. The van der Waals surface area contributed by atoms with Gasteiger partial charge in [0.2, 0.25) is 11.8 Å². The van der Waals surface area contributed by atoms with Gasteiger partial charge in [0.1, 0.15) is 17.3 Å². The maximum atomic E-state index is 12.8. The molecule has 7 N–H and O–H groups in total. The quantitative estimate of drug-likeness (QED) is 0.0175. The number of carbonyl (C=O) groups is 5.